The average Bonchev–Trinajstić information content (AvgIpc) is 2.08. The molecule has 4 heteroatoms. The molecule has 12 heavy (non-hydrogen) atoms. The van der Waals surface area contributed by atoms with Gasteiger partial charge in [-0.05, 0) is 6.07 Å². The van der Waals surface area contributed by atoms with E-state index < -0.39 is 5.82 Å². The van der Waals surface area contributed by atoms with Gasteiger partial charge in [0, 0.05) is 5.56 Å². The van der Waals surface area contributed by atoms with Gasteiger partial charge in [0.1, 0.15) is 12.4 Å². The zero-order valence-electron chi connectivity index (χ0n) is 6.09. The molecule has 0 saturated carbocycles. The summed E-state index contributed by atoms with van der Waals surface area (Å²) in [6.45, 7) is 0.177. The molecule has 0 radical (unpaired) electrons. The minimum atomic E-state index is -0.541. The molecule has 1 aromatic rings. The molecule has 0 heterocycles. The standard InChI is InChI=1S/C8H6ClFO2/c9-7-3-1-2-6(8(7)10)4-12-5-11/h1-3,5H,4H2. The van der Waals surface area contributed by atoms with Crippen molar-refractivity contribution in [3.8, 4) is 0 Å². The van der Waals surface area contributed by atoms with Crippen molar-refractivity contribution < 1.29 is 13.9 Å². The highest BCUT2D eigenvalue weighted by Crippen LogP contribution is 2.17. The second-order valence-corrected chi connectivity index (χ2v) is 2.53. The van der Waals surface area contributed by atoms with E-state index >= 15 is 0 Å². The Bertz CT molecular complexity index is 288. The van der Waals surface area contributed by atoms with Gasteiger partial charge in [-0.1, -0.05) is 23.7 Å². The highest BCUT2D eigenvalue weighted by Gasteiger charge is 2.05. The molecule has 0 aliphatic heterocycles. The van der Waals surface area contributed by atoms with Crippen LogP contribution in [0.25, 0.3) is 0 Å². The van der Waals surface area contributed by atoms with E-state index in [2.05, 4.69) is 4.74 Å². The largest absolute Gasteiger partial charge is 0.463 e. The minimum Gasteiger partial charge on any atom is -0.463 e. The number of rotatable bonds is 3. The van der Waals surface area contributed by atoms with Crippen LogP contribution in [0.5, 0.6) is 0 Å². The SMILES string of the molecule is O=COCc1cccc(Cl)c1F. The fourth-order valence-electron chi connectivity index (χ4n) is 0.784. The lowest BCUT2D eigenvalue weighted by Crippen LogP contribution is -1.94. The number of carbonyl (C=O) groups excluding carboxylic acids is 1. The summed E-state index contributed by atoms with van der Waals surface area (Å²) >= 11 is 5.47. The highest BCUT2D eigenvalue weighted by molar-refractivity contribution is 6.30. The van der Waals surface area contributed by atoms with Gasteiger partial charge in [-0.25, -0.2) is 4.39 Å². The zero-order valence-corrected chi connectivity index (χ0v) is 6.84. The molecule has 1 aromatic carbocycles. The number of benzene rings is 1. The number of hydrogen-bond donors (Lipinski definition) is 0. The first-order valence-corrected chi connectivity index (χ1v) is 3.61. The molecule has 2 nitrogen and oxygen atoms in total. The van der Waals surface area contributed by atoms with Gasteiger partial charge < -0.3 is 4.74 Å². The maximum atomic E-state index is 13.0. The normalized spacial score (nSPS) is 9.50. The topological polar surface area (TPSA) is 26.3 Å². The minimum absolute atomic E-state index is 0.0296. The Morgan fingerprint density at radius 1 is 1.58 bits per heavy atom. The van der Waals surface area contributed by atoms with Gasteiger partial charge in [0.15, 0.2) is 0 Å². The van der Waals surface area contributed by atoms with Crippen LogP contribution in [-0.4, -0.2) is 6.47 Å². The summed E-state index contributed by atoms with van der Waals surface area (Å²) in [4.78, 5) is 9.80. The Morgan fingerprint density at radius 3 is 3.00 bits per heavy atom. The van der Waals surface area contributed by atoms with Crippen molar-refractivity contribution in [3.05, 3.63) is 34.6 Å². The summed E-state index contributed by atoms with van der Waals surface area (Å²) in [7, 11) is 0. The van der Waals surface area contributed by atoms with Crippen LogP contribution in [0.3, 0.4) is 0 Å². The fraction of sp³-hybridized carbons (Fsp3) is 0.125. The van der Waals surface area contributed by atoms with E-state index in [9.17, 15) is 9.18 Å². The molecule has 64 valence electrons. The number of ether oxygens (including phenoxy) is 1. The van der Waals surface area contributed by atoms with Crippen LogP contribution in [-0.2, 0) is 16.1 Å². The number of carbonyl (C=O) groups is 1. The lowest BCUT2D eigenvalue weighted by atomic mass is 10.2. The predicted octanol–water partition coefficient (Wildman–Crippen LogP) is 2.15. The van der Waals surface area contributed by atoms with Crippen LogP contribution < -0.4 is 0 Å². The summed E-state index contributed by atoms with van der Waals surface area (Å²) in [5.41, 5.74) is 0.273. The van der Waals surface area contributed by atoms with Gasteiger partial charge in [0.2, 0.25) is 0 Å². The van der Waals surface area contributed by atoms with Crippen LogP contribution in [0.1, 0.15) is 5.56 Å². The molecule has 0 aliphatic carbocycles. The first-order valence-electron chi connectivity index (χ1n) is 3.24. The third-order valence-electron chi connectivity index (χ3n) is 1.34. The average molecular weight is 189 g/mol. The summed E-state index contributed by atoms with van der Waals surface area (Å²) in [5.74, 6) is -0.541. The van der Waals surface area contributed by atoms with Gasteiger partial charge in [0.05, 0.1) is 5.02 Å². The van der Waals surface area contributed by atoms with Gasteiger partial charge >= 0.3 is 0 Å². The van der Waals surface area contributed by atoms with Crippen molar-refractivity contribution in [1.82, 2.24) is 0 Å². The van der Waals surface area contributed by atoms with Gasteiger partial charge in [0.25, 0.3) is 6.47 Å². The third kappa shape index (κ3) is 1.95. The Labute approximate surface area is 73.9 Å². The van der Waals surface area contributed by atoms with Crippen molar-refractivity contribution in [3.63, 3.8) is 0 Å². The van der Waals surface area contributed by atoms with Gasteiger partial charge in [-0.2, -0.15) is 0 Å². The molecule has 0 spiro atoms. The maximum absolute atomic E-state index is 13.0. The third-order valence-corrected chi connectivity index (χ3v) is 1.63. The number of hydrogen-bond acceptors (Lipinski definition) is 2. The molecular weight excluding hydrogens is 183 g/mol. The highest BCUT2D eigenvalue weighted by atomic mass is 35.5. The van der Waals surface area contributed by atoms with E-state index in [-0.39, 0.29) is 23.7 Å². The lowest BCUT2D eigenvalue weighted by Gasteiger charge is -2.01. The second-order valence-electron chi connectivity index (χ2n) is 2.12. The van der Waals surface area contributed by atoms with Crippen LogP contribution in [0.15, 0.2) is 18.2 Å². The first kappa shape index (κ1) is 9.00. The molecule has 0 aliphatic rings. The smallest absolute Gasteiger partial charge is 0.293 e. The molecular formula is C8H6ClFO2. The molecule has 0 unspecified atom stereocenters. The fourth-order valence-corrected chi connectivity index (χ4v) is 0.978. The zero-order chi connectivity index (χ0) is 8.97. The predicted molar refractivity (Wildman–Crippen MR) is 42.3 cm³/mol. The van der Waals surface area contributed by atoms with Crippen LogP contribution in [0.2, 0.25) is 5.02 Å². The van der Waals surface area contributed by atoms with E-state index in [1.54, 1.807) is 6.07 Å². The Morgan fingerprint density at radius 2 is 2.33 bits per heavy atom. The summed E-state index contributed by atoms with van der Waals surface area (Å²) in [6, 6.07) is 4.53. The summed E-state index contributed by atoms with van der Waals surface area (Å²) < 4.78 is 17.4. The monoisotopic (exact) mass is 188 g/mol. The van der Waals surface area contributed by atoms with E-state index in [1.165, 1.54) is 12.1 Å². The molecule has 0 amide bonds. The maximum Gasteiger partial charge on any atom is 0.293 e. The molecule has 0 bridgehead atoms. The second kappa shape index (κ2) is 4.07. The Kier molecular flexibility index (Phi) is 3.05. The van der Waals surface area contributed by atoms with Crippen molar-refractivity contribution in [2.75, 3.05) is 0 Å². The first-order chi connectivity index (χ1) is 5.75. The van der Waals surface area contributed by atoms with Gasteiger partial charge in [-0.15, -0.1) is 0 Å². The van der Waals surface area contributed by atoms with E-state index in [0.29, 0.717) is 0 Å². The van der Waals surface area contributed by atoms with Crippen LogP contribution >= 0.6 is 11.6 Å². The Balaban J connectivity index is 2.84. The Hall–Kier alpha value is -1.09. The molecule has 0 saturated heterocycles. The van der Waals surface area contributed by atoms with Gasteiger partial charge in [-0.3, -0.25) is 4.79 Å². The van der Waals surface area contributed by atoms with Crippen LogP contribution in [0.4, 0.5) is 4.39 Å². The van der Waals surface area contributed by atoms with Crippen molar-refractivity contribution in [1.29, 1.82) is 0 Å². The quantitative estimate of drug-likeness (QED) is 0.680. The summed E-state index contributed by atoms with van der Waals surface area (Å²) in [6.07, 6.45) is 0. The van der Waals surface area contributed by atoms with E-state index in [4.69, 9.17) is 11.6 Å². The van der Waals surface area contributed by atoms with Crippen molar-refractivity contribution in [2.45, 2.75) is 6.61 Å². The molecule has 1 rings (SSSR count). The van der Waals surface area contributed by atoms with Crippen molar-refractivity contribution in [2.24, 2.45) is 0 Å². The molecule has 0 fully saturated rings. The molecule has 0 aromatic heterocycles. The van der Waals surface area contributed by atoms with Crippen LogP contribution in [0, 0.1) is 5.82 Å². The number of halogens is 2. The van der Waals surface area contributed by atoms with E-state index in [0.717, 1.165) is 0 Å². The van der Waals surface area contributed by atoms with Crippen molar-refractivity contribution >= 4 is 18.1 Å². The molecule has 0 N–H and O–H groups in total. The molecule has 0 atom stereocenters. The van der Waals surface area contributed by atoms with E-state index in [1.807, 2.05) is 0 Å². The lowest BCUT2D eigenvalue weighted by molar-refractivity contribution is -0.129. The summed E-state index contributed by atoms with van der Waals surface area (Å²) in [5, 5.41) is 0.0296.